The highest BCUT2D eigenvalue weighted by atomic mass is 32.2. The lowest BCUT2D eigenvalue weighted by Gasteiger charge is -2.13. The first-order valence-corrected chi connectivity index (χ1v) is 6.31. The van der Waals surface area contributed by atoms with Crippen LogP contribution < -0.4 is 4.72 Å². The molecular weight excluding hydrogens is 190 g/mol. The Balaban J connectivity index is 4.00. The summed E-state index contributed by atoms with van der Waals surface area (Å²) in [6, 6.07) is -0.332. The van der Waals surface area contributed by atoms with E-state index in [0.717, 1.165) is 6.42 Å². The lowest BCUT2D eigenvalue weighted by atomic mass is 10.3. The average molecular weight is 209 g/mol. The van der Waals surface area contributed by atoms with Crippen molar-refractivity contribution in [2.24, 2.45) is 0 Å². The van der Waals surface area contributed by atoms with Crippen molar-refractivity contribution in [3.8, 4) is 0 Å². The van der Waals surface area contributed by atoms with Crippen LogP contribution in [-0.2, 0) is 10.0 Å². The fourth-order valence-corrected chi connectivity index (χ4v) is 2.43. The van der Waals surface area contributed by atoms with Crippen molar-refractivity contribution in [3.05, 3.63) is 0 Å². The molecule has 4 nitrogen and oxygen atoms in total. The number of aliphatic hydroxyl groups excluding tert-OH is 1. The van der Waals surface area contributed by atoms with E-state index in [4.69, 9.17) is 5.11 Å². The van der Waals surface area contributed by atoms with Crippen LogP contribution in [-0.4, -0.2) is 31.9 Å². The molecule has 0 saturated carbocycles. The van der Waals surface area contributed by atoms with Crippen molar-refractivity contribution in [1.82, 2.24) is 4.72 Å². The van der Waals surface area contributed by atoms with Crippen molar-refractivity contribution in [1.29, 1.82) is 0 Å². The molecule has 0 aliphatic rings. The fourth-order valence-electron chi connectivity index (χ4n) is 0.897. The average Bonchev–Trinajstić information content (AvgIpc) is 2.11. The first-order chi connectivity index (χ1) is 6.05. The molecule has 0 heterocycles. The van der Waals surface area contributed by atoms with Gasteiger partial charge < -0.3 is 5.11 Å². The van der Waals surface area contributed by atoms with Gasteiger partial charge in [-0.25, -0.2) is 13.1 Å². The third-order valence-corrected chi connectivity index (χ3v) is 3.34. The highest BCUT2D eigenvalue weighted by Gasteiger charge is 2.14. The zero-order chi connectivity index (χ0) is 10.3. The summed E-state index contributed by atoms with van der Waals surface area (Å²) in [7, 11) is -3.18. The minimum Gasteiger partial charge on any atom is -0.395 e. The van der Waals surface area contributed by atoms with Gasteiger partial charge in [-0.2, -0.15) is 0 Å². The van der Waals surface area contributed by atoms with Crippen molar-refractivity contribution >= 4 is 10.0 Å². The largest absolute Gasteiger partial charge is 0.395 e. The summed E-state index contributed by atoms with van der Waals surface area (Å²) in [5.74, 6) is 0.153. The molecule has 13 heavy (non-hydrogen) atoms. The molecule has 0 aromatic heterocycles. The van der Waals surface area contributed by atoms with E-state index in [0.29, 0.717) is 12.8 Å². The van der Waals surface area contributed by atoms with Crippen LogP contribution in [0.2, 0.25) is 0 Å². The lowest BCUT2D eigenvalue weighted by molar-refractivity contribution is 0.254. The quantitative estimate of drug-likeness (QED) is 0.641. The monoisotopic (exact) mass is 209 g/mol. The van der Waals surface area contributed by atoms with E-state index in [9.17, 15) is 8.42 Å². The molecule has 5 heteroatoms. The van der Waals surface area contributed by atoms with Crippen molar-refractivity contribution in [2.45, 2.75) is 39.2 Å². The topological polar surface area (TPSA) is 66.4 Å². The molecule has 0 aliphatic carbocycles. The SMILES string of the molecule is CCCCS(=O)(=O)N[C@H](CC)CO. The van der Waals surface area contributed by atoms with Crippen LogP contribution in [0.3, 0.4) is 0 Å². The van der Waals surface area contributed by atoms with Gasteiger partial charge in [0.15, 0.2) is 0 Å². The molecule has 0 saturated heterocycles. The maximum Gasteiger partial charge on any atom is 0.211 e. The van der Waals surface area contributed by atoms with Crippen LogP contribution in [0.4, 0.5) is 0 Å². The van der Waals surface area contributed by atoms with Crippen LogP contribution in [0, 0.1) is 0 Å². The van der Waals surface area contributed by atoms with E-state index in [-0.39, 0.29) is 18.4 Å². The molecule has 0 amide bonds. The first kappa shape index (κ1) is 12.9. The van der Waals surface area contributed by atoms with E-state index in [1.54, 1.807) is 0 Å². The Morgan fingerprint density at radius 2 is 2.00 bits per heavy atom. The number of rotatable bonds is 7. The standard InChI is InChI=1S/C8H19NO3S/c1-3-5-6-13(11,12)9-8(4-2)7-10/h8-10H,3-7H2,1-2H3/t8-/m1/s1. The molecule has 1 atom stereocenters. The van der Waals surface area contributed by atoms with Gasteiger partial charge in [-0.3, -0.25) is 0 Å². The van der Waals surface area contributed by atoms with E-state index < -0.39 is 10.0 Å². The maximum atomic E-state index is 11.3. The Labute approximate surface area is 80.4 Å². The van der Waals surface area contributed by atoms with Gasteiger partial charge in [-0.05, 0) is 12.8 Å². The lowest BCUT2D eigenvalue weighted by Crippen LogP contribution is -2.38. The number of unbranched alkanes of at least 4 members (excludes halogenated alkanes) is 1. The van der Waals surface area contributed by atoms with Gasteiger partial charge in [0, 0.05) is 6.04 Å². The summed E-state index contributed by atoms with van der Waals surface area (Å²) in [5, 5.41) is 8.79. The van der Waals surface area contributed by atoms with E-state index in [2.05, 4.69) is 4.72 Å². The molecule has 0 aromatic rings. The summed E-state index contributed by atoms with van der Waals surface area (Å²) in [5.41, 5.74) is 0. The van der Waals surface area contributed by atoms with Crippen LogP contribution >= 0.6 is 0 Å². The van der Waals surface area contributed by atoms with Gasteiger partial charge in [0.2, 0.25) is 10.0 Å². The Bertz CT molecular complexity index is 209. The molecule has 0 unspecified atom stereocenters. The molecule has 0 aliphatic heterocycles. The van der Waals surface area contributed by atoms with Crippen LogP contribution in [0.5, 0.6) is 0 Å². The Morgan fingerprint density at radius 3 is 2.38 bits per heavy atom. The van der Waals surface area contributed by atoms with Gasteiger partial charge in [-0.15, -0.1) is 0 Å². The molecular formula is C8H19NO3S. The van der Waals surface area contributed by atoms with Crippen LogP contribution in [0.1, 0.15) is 33.1 Å². The first-order valence-electron chi connectivity index (χ1n) is 4.66. The van der Waals surface area contributed by atoms with Gasteiger partial charge in [0.05, 0.1) is 12.4 Å². The zero-order valence-electron chi connectivity index (χ0n) is 8.28. The summed E-state index contributed by atoms with van der Waals surface area (Å²) in [6.45, 7) is 3.64. The third-order valence-electron chi connectivity index (χ3n) is 1.83. The Morgan fingerprint density at radius 1 is 1.38 bits per heavy atom. The number of aliphatic hydroxyl groups is 1. The predicted molar refractivity (Wildman–Crippen MR) is 53.0 cm³/mol. The number of hydrogen-bond donors (Lipinski definition) is 2. The molecule has 0 bridgehead atoms. The molecule has 0 spiro atoms. The second-order valence-corrected chi connectivity index (χ2v) is 4.95. The number of sulfonamides is 1. The van der Waals surface area contributed by atoms with Gasteiger partial charge in [0.25, 0.3) is 0 Å². The molecule has 0 rings (SSSR count). The zero-order valence-corrected chi connectivity index (χ0v) is 9.10. The highest BCUT2D eigenvalue weighted by molar-refractivity contribution is 7.89. The minimum atomic E-state index is -3.18. The molecule has 2 N–H and O–H groups in total. The van der Waals surface area contributed by atoms with Crippen LogP contribution in [0.15, 0.2) is 0 Å². The predicted octanol–water partition coefficient (Wildman–Crippen LogP) is 0.477. The van der Waals surface area contributed by atoms with Crippen molar-refractivity contribution in [2.75, 3.05) is 12.4 Å². The smallest absolute Gasteiger partial charge is 0.211 e. The molecule has 0 aromatic carbocycles. The van der Waals surface area contributed by atoms with E-state index in [1.165, 1.54) is 0 Å². The Hall–Kier alpha value is -0.130. The molecule has 0 radical (unpaired) electrons. The fraction of sp³-hybridized carbons (Fsp3) is 1.00. The normalized spacial score (nSPS) is 14.4. The van der Waals surface area contributed by atoms with Crippen molar-refractivity contribution in [3.63, 3.8) is 0 Å². The van der Waals surface area contributed by atoms with E-state index >= 15 is 0 Å². The second-order valence-electron chi connectivity index (χ2n) is 3.08. The third kappa shape index (κ3) is 6.01. The molecule has 80 valence electrons. The number of nitrogens with one attached hydrogen (secondary N) is 1. The van der Waals surface area contributed by atoms with E-state index in [1.807, 2.05) is 13.8 Å². The Kier molecular flexibility index (Phi) is 6.28. The summed E-state index contributed by atoms with van der Waals surface area (Å²) in [6.07, 6.45) is 2.13. The molecule has 0 fully saturated rings. The summed E-state index contributed by atoms with van der Waals surface area (Å²) in [4.78, 5) is 0. The second kappa shape index (κ2) is 6.34. The van der Waals surface area contributed by atoms with Gasteiger partial charge in [-0.1, -0.05) is 20.3 Å². The van der Waals surface area contributed by atoms with Crippen LogP contribution in [0.25, 0.3) is 0 Å². The highest BCUT2D eigenvalue weighted by Crippen LogP contribution is 1.97. The summed E-state index contributed by atoms with van der Waals surface area (Å²) >= 11 is 0. The number of hydrogen-bond acceptors (Lipinski definition) is 3. The maximum absolute atomic E-state index is 11.3. The van der Waals surface area contributed by atoms with Crippen molar-refractivity contribution < 1.29 is 13.5 Å². The summed E-state index contributed by atoms with van der Waals surface area (Å²) < 4.78 is 25.0. The van der Waals surface area contributed by atoms with Gasteiger partial charge >= 0.3 is 0 Å². The van der Waals surface area contributed by atoms with Gasteiger partial charge in [0.1, 0.15) is 0 Å². The minimum absolute atomic E-state index is 0.137.